The Hall–Kier alpha value is -1.35. The summed E-state index contributed by atoms with van der Waals surface area (Å²) in [7, 11) is 0. The number of aromatic nitrogens is 2. The number of hydrogen-bond donors (Lipinski definition) is 0. The highest BCUT2D eigenvalue weighted by Gasteiger charge is 2.33. The Bertz CT molecular complexity index is 442. The van der Waals surface area contributed by atoms with Crippen LogP contribution >= 0.6 is 11.6 Å². The van der Waals surface area contributed by atoms with E-state index in [9.17, 15) is 0 Å². The van der Waals surface area contributed by atoms with Crippen LogP contribution in [0, 0.1) is 0 Å². The van der Waals surface area contributed by atoms with Gasteiger partial charge in [-0.3, -0.25) is 0 Å². The van der Waals surface area contributed by atoms with E-state index < -0.39 is 0 Å². The first-order chi connectivity index (χ1) is 6.84. The van der Waals surface area contributed by atoms with Crippen molar-refractivity contribution in [2.75, 3.05) is 0 Å². The normalized spacial score (nSPS) is 26.9. The van der Waals surface area contributed by atoms with Gasteiger partial charge in [0, 0.05) is 0 Å². The zero-order chi connectivity index (χ0) is 9.54. The molecule has 3 nitrogen and oxygen atoms in total. The minimum atomic E-state index is 0.0581. The van der Waals surface area contributed by atoms with Crippen molar-refractivity contribution < 1.29 is 4.74 Å². The first kappa shape index (κ1) is 8.00. The molecule has 0 saturated carbocycles. The summed E-state index contributed by atoms with van der Waals surface area (Å²) < 4.78 is 5.64. The lowest BCUT2D eigenvalue weighted by Crippen LogP contribution is -2.15. The van der Waals surface area contributed by atoms with Crippen LogP contribution in [-0.4, -0.2) is 16.1 Å². The summed E-state index contributed by atoms with van der Waals surface area (Å²) in [4.78, 5) is 8.07. The molecule has 0 radical (unpaired) electrons. The van der Waals surface area contributed by atoms with E-state index in [1.807, 2.05) is 18.2 Å². The van der Waals surface area contributed by atoms with Gasteiger partial charge in [-0.25, -0.2) is 9.97 Å². The van der Waals surface area contributed by atoms with Gasteiger partial charge >= 0.3 is 0 Å². The van der Waals surface area contributed by atoms with Crippen molar-refractivity contribution in [3.63, 3.8) is 0 Å². The van der Waals surface area contributed by atoms with E-state index in [1.54, 1.807) is 6.20 Å². The second-order valence-corrected chi connectivity index (χ2v) is 3.60. The molecule has 0 bridgehead atoms. The van der Waals surface area contributed by atoms with Crippen molar-refractivity contribution in [3.05, 3.63) is 41.5 Å². The molecule has 0 N–H and O–H groups in total. The first-order valence-electron chi connectivity index (χ1n) is 4.39. The molecule has 0 fully saturated rings. The van der Waals surface area contributed by atoms with E-state index in [-0.39, 0.29) is 17.3 Å². The quantitative estimate of drug-likeness (QED) is 0.610. The van der Waals surface area contributed by atoms with Crippen molar-refractivity contribution in [2.24, 2.45) is 0 Å². The van der Waals surface area contributed by atoms with Gasteiger partial charge in [-0.15, -0.1) is 0 Å². The maximum absolute atomic E-state index is 5.73. The van der Waals surface area contributed by atoms with Crippen LogP contribution in [0.2, 0.25) is 5.28 Å². The lowest BCUT2D eigenvalue weighted by atomic mass is 9.96. The van der Waals surface area contributed by atoms with Gasteiger partial charge in [-0.2, -0.15) is 0 Å². The fraction of sp³-hybridized carbons (Fsp3) is 0.200. The molecule has 0 amide bonds. The molecule has 70 valence electrons. The molecule has 1 aliphatic heterocycles. The Labute approximate surface area is 86.1 Å². The lowest BCUT2D eigenvalue weighted by molar-refractivity contribution is 0.268. The average Bonchev–Trinajstić information content (AvgIpc) is 2.56. The van der Waals surface area contributed by atoms with E-state index in [4.69, 9.17) is 16.3 Å². The number of allylic oxidation sites excluding steroid dienone is 2. The highest BCUT2D eigenvalue weighted by molar-refractivity contribution is 6.28. The maximum atomic E-state index is 5.73. The molecule has 1 aliphatic carbocycles. The smallest absolute Gasteiger partial charge is 0.222 e. The van der Waals surface area contributed by atoms with E-state index in [1.165, 1.54) is 0 Å². The Morgan fingerprint density at radius 1 is 1.29 bits per heavy atom. The second-order valence-electron chi connectivity index (χ2n) is 3.27. The van der Waals surface area contributed by atoms with Crippen LogP contribution in [0.1, 0.15) is 11.6 Å². The summed E-state index contributed by atoms with van der Waals surface area (Å²) in [5.41, 5.74) is 0.885. The molecular weight excluding hydrogens is 200 g/mol. The molecule has 1 aromatic heterocycles. The zero-order valence-electron chi connectivity index (χ0n) is 7.22. The molecule has 0 spiro atoms. The fourth-order valence-electron chi connectivity index (χ4n) is 1.78. The predicted molar refractivity (Wildman–Crippen MR) is 52.5 cm³/mol. The van der Waals surface area contributed by atoms with Crippen LogP contribution in [0.15, 0.2) is 30.5 Å². The summed E-state index contributed by atoms with van der Waals surface area (Å²) in [5.74, 6) is 0.927. The SMILES string of the molecule is Clc1ncc2c(n1)C1C=CC=CC1O2. The van der Waals surface area contributed by atoms with Gasteiger partial charge < -0.3 is 4.74 Å². The van der Waals surface area contributed by atoms with Gasteiger partial charge in [0.2, 0.25) is 5.28 Å². The van der Waals surface area contributed by atoms with Crippen LogP contribution in [0.25, 0.3) is 0 Å². The molecule has 2 unspecified atom stereocenters. The monoisotopic (exact) mass is 206 g/mol. The van der Waals surface area contributed by atoms with Crippen molar-refractivity contribution in [3.8, 4) is 5.75 Å². The largest absolute Gasteiger partial charge is 0.482 e. The van der Waals surface area contributed by atoms with Crippen LogP contribution < -0.4 is 4.74 Å². The molecule has 2 heterocycles. The third kappa shape index (κ3) is 1.06. The van der Waals surface area contributed by atoms with Crippen molar-refractivity contribution in [2.45, 2.75) is 12.0 Å². The molecule has 4 heteroatoms. The predicted octanol–water partition coefficient (Wildman–Crippen LogP) is 2.10. The molecular formula is C10H7ClN2O. The average molecular weight is 207 g/mol. The number of fused-ring (bicyclic) bond motifs is 3. The van der Waals surface area contributed by atoms with Crippen LogP contribution in [0.5, 0.6) is 5.75 Å². The van der Waals surface area contributed by atoms with Gasteiger partial charge in [0.1, 0.15) is 6.10 Å². The van der Waals surface area contributed by atoms with Crippen LogP contribution in [0.3, 0.4) is 0 Å². The van der Waals surface area contributed by atoms with E-state index >= 15 is 0 Å². The van der Waals surface area contributed by atoms with E-state index in [0.717, 1.165) is 11.4 Å². The Morgan fingerprint density at radius 2 is 2.14 bits per heavy atom. The standard InChI is InChI=1S/C10H7ClN2O/c11-10-12-5-8-9(13-10)6-3-1-2-4-7(6)14-8/h1-7H. The highest BCUT2D eigenvalue weighted by atomic mass is 35.5. The number of rotatable bonds is 0. The maximum Gasteiger partial charge on any atom is 0.222 e. The van der Waals surface area contributed by atoms with Gasteiger partial charge in [-0.05, 0) is 17.7 Å². The lowest BCUT2D eigenvalue weighted by Gasteiger charge is -2.13. The third-order valence-corrected chi connectivity index (χ3v) is 2.60. The third-order valence-electron chi connectivity index (χ3n) is 2.42. The first-order valence-corrected chi connectivity index (χ1v) is 4.76. The van der Waals surface area contributed by atoms with E-state index in [2.05, 4.69) is 16.0 Å². The van der Waals surface area contributed by atoms with Gasteiger partial charge in [0.15, 0.2) is 5.75 Å². The Morgan fingerprint density at radius 3 is 3.07 bits per heavy atom. The zero-order valence-corrected chi connectivity index (χ0v) is 7.98. The summed E-state index contributed by atoms with van der Waals surface area (Å²) in [6.45, 7) is 0. The number of ether oxygens (including phenoxy) is 1. The van der Waals surface area contributed by atoms with Crippen molar-refractivity contribution >= 4 is 11.6 Å². The van der Waals surface area contributed by atoms with Crippen molar-refractivity contribution in [1.82, 2.24) is 9.97 Å². The molecule has 0 aromatic carbocycles. The highest BCUT2D eigenvalue weighted by Crippen LogP contribution is 2.39. The van der Waals surface area contributed by atoms with Crippen molar-refractivity contribution in [1.29, 1.82) is 0 Å². The molecule has 3 rings (SSSR count). The summed E-state index contributed by atoms with van der Waals surface area (Å²) in [6, 6.07) is 0. The topological polar surface area (TPSA) is 35.0 Å². The van der Waals surface area contributed by atoms with Crippen LogP contribution in [0.4, 0.5) is 0 Å². The minimum absolute atomic E-state index is 0.0581. The van der Waals surface area contributed by atoms with Gasteiger partial charge in [-0.1, -0.05) is 18.2 Å². The second kappa shape index (κ2) is 2.82. The fourth-order valence-corrected chi connectivity index (χ4v) is 1.92. The molecule has 2 aliphatic rings. The van der Waals surface area contributed by atoms with E-state index in [0.29, 0.717) is 0 Å². The number of halogens is 1. The van der Waals surface area contributed by atoms with Gasteiger partial charge in [0.05, 0.1) is 17.8 Å². The summed E-state index contributed by atoms with van der Waals surface area (Å²) in [6.07, 6.45) is 9.74. The van der Waals surface area contributed by atoms with Gasteiger partial charge in [0.25, 0.3) is 0 Å². The molecule has 0 saturated heterocycles. The van der Waals surface area contributed by atoms with Crippen LogP contribution in [-0.2, 0) is 0 Å². The molecule has 2 atom stereocenters. The summed E-state index contributed by atoms with van der Waals surface area (Å²) in [5, 5.41) is 0.274. The molecule has 1 aromatic rings. The Balaban J connectivity index is 2.12. The minimum Gasteiger partial charge on any atom is -0.482 e. The number of hydrogen-bond acceptors (Lipinski definition) is 3. The molecule has 14 heavy (non-hydrogen) atoms. The summed E-state index contributed by atoms with van der Waals surface area (Å²) >= 11 is 5.73. The Kier molecular flexibility index (Phi) is 1.61. The number of nitrogens with zero attached hydrogens (tertiary/aromatic N) is 2.